The maximum Gasteiger partial charge on any atom is 0.157 e. The molecule has 1 unspecified atom stereocenters. The van der Waals surface area contributed by atoms with E-state index in [2.05, 4.69) is 11.3 Å². The first-order valence-corrected chi connectivity index (χ1v) is 5.08. The van der Waals surface area contributed by atoms with E-state index in [0.717, 1.165) is 26.0 Å². The van der Waals surface area contributed by atoms with Crippen LogP contribution < -0.4 is 0 Å². The Balaban J connectivity index is 1.62. The maximum atomic E-state index is 5.56. The largest absolute Gasteiger partial charge is 0.353 e. The molecule has 1 saturated heterocycles. The van der Waals surface area contributed by atoms with Crippen LogP contribution in [-0.2, 0) is 16.0 Å². The summed E-state index contributed by atoms with van der Waals surface area (Å²) in [6, 6.07) is 1.79. The normalized spacial score (nSPS) is 22.4. The van der Waals surface area contributed by atoms with Crippen LogP contribution in [0.1, 0.15) is 19.3 Å². The Morgan fingerprint density at radius 1 is 1.57 bits per heavy atom. The molecule has 1 atom stereocenters. The monoisotopic (exact) mass is 195 g/mol. The second-order valence-corrected chi connectivity index (χ2v) is 3.37. The van der Waals surface area contributed by atoms with Gasteiger partial charge in [0.05, 0.1) is 13.2 Å². The van der Waals surface area contributed by atoms with Gasteiger partial charge in [-0.3, -0.25) is 4.68 Å². The Hall–Kier alpha value is -0.870. The topological polar surface area (TPSA) is 36.3 Å². The van der Waals surface area contributed by atoms with Crippen LogP contribution >= 0.6 is 0 Å². The third-order valence-corrected chi connectivity index (χ3v) is 2.27. The van der Waals surface area contributed by atoms with Gasteiger partial charge in [0.25, 0.3) is 0 Å². The molecule has 0 N–H and O–H groups in total. The number of hydrogen-bond donors (Lipinski definition) is 0. The highest BCUT2D eigenvalue weighted by Crippen LogP contribution is 2.13. The molecular weight excluding hydrogens is 180 g/mol. The van der Waals surface area contributed by atoms with Crippen LogP contribution in [0.2, 0.25) is 0 Å². The minimum Gasteiger partial charge on any atom is -0.353 e. The first-order valence-electron chi connectivity index (χ1n) is 5.08. The van der Waals surface area contributed by atoms with Crippen molar-refractivity contribution >= 4 is 0 Å². The summed E-state index contributed by atoms with van der Waals surface area (Å²) in [5.41, 5.74) is 0. The fraction of sp³-hybridized carbons (Fsp3) is 0.700. The molecule has 1 aliphatic rings. The van der Waals surface area contributed by atoms with Crippen LogP contribution in [0.3, 0.4) is 0 Å². The van der Waals surface area contributed by atoms with Crippen molar-refractivity contribution in [3.8, 4) is 0 Å². The minimum absolute atomic E-state index is 0.00305. The summed E-state index contributed by atoms with van der Waals surface area (Å²) >= 11 is 0. The fourth-order valence-corrected chi connectivity index (χ4v) is 1.51. The van der Waals surface area contributed by atoms with Crippen molar-refractivity contribution in [1.29, 1.82) is 0 Å². The highest BCUT2D eigenvalue weighted by Gasteiger charge is 2.13. The molecule has 1 aliphatic heterocycles. The third kappa shape index (κ3) is 2.82. The average molecular weight is 195 g/mol. The van der Waals surface area contributed by atoms with E-state index in [1.165, 1.54) is 6.42 Å². The van der Waals surface area contributed by atoms with Crippen molar-refractivity contribution in [1.82, 2.24) is 9.78 Å². The van der Waals surface area contributed by atoms with Crippen molar-refractivity contribution in [2.24, 2.45) is 0 Å². The van der Waals surface area contributed by atoms with Crippen molar-refractivity contribution in [2.75, 3.05) is 13.2 Å². The van der Waals surface area contributed by atoms with Crippen molar-refractivity contribution in [3.63, 3.8) is 0 Å². The molecule has 1 aromatic rings. The number of ether oxygens (including phenoxy) is 2. The summed E-state index contributed by atoms with van der Waals surface area (Å²) in [5.74, 6) is 0. The van der Waals surface area contributed by atoms with Crippen molar-refractivity contribution in [2.45, 2.75) is 32.1 Å². The van der Waals surface area contributed by atoms with Gasteiger partial charge in [-0.05, 0) is 25.3 Å². The zero-order valence-electron chi connectivity index (χ0n) is 8.19. The van der Waals surface area contributed by atoms with Crippen molar-refractivity contribution in [3.05, 3.63) is 18.5 Å². The van der Waals surface area contributed by atoms with Crippen LogP contribution in [0.4, 0.5) is 0 Å². The molecule has 4 heteroatoms. The van der Waals surface area contributed by atoms with E-state index in [4.69, 9.17) is 9.47 Å². The lowest BCUT2D eigenvalue weighted by Gasteiger charge is -2.22. The van der Waals surface area contributed by atoms with E-state index < -0.39 is 0 Å². The van der Waals surface area contributed by atoms with Crippen LogP contribution in [0.5, 0.6) is 0 Å². The number of aromatic nitrogens is 2. The Morgan fingerprint density at radius 2 is 2.57 bits per heavy atom. The summed E-state index contributed by atoms with van der Waals surface area (Å²) in [6.45, 7) is 2.25. The molecule has 2 heterocycles. The van der Waals surface area contributed by atoms with Gasteiger partial charge >= 0.3 is 0 Å². The molecule has 1 fully saturated rings. The predicted octanol–water partition coefficient (Wildman–Crippen LogP) is 1.23. The van der Waals surface area contributed by atoms with E-state index in [-0.39, 0.29) is 6.29 Å². The Morgan fingerprint density at radius 3 is 3.29 bits per heavy atom. The zero-order chi connectivity index (χ0) is 9.64. The SMILES string of the molecule is [c]1ccn(CCOC2CCCCO2)n1. The van der Waals surface area contributed by atoms with Gasteiger partial charge < -0.3 is 9.47 Å². The van der Waals surface area contributed by atoms with E-state index in [9.17, 15) is 0 Å². The average Bonchev–Trinajstić information content (AvgIpc) is 2.72. The smallest absolute Gasteiger partial charge is 0.157 e. The van der Waals surface area contributed by atoms with Gasteiger partial charge in [-0.1, -0.05) is 0 Å². The maximum absolute atomic E-state index is 5.56. The Kier molecular flexibility index (Phi) is 3.54. The molecule has 14 heavy (non-hydrogen) atoms. The second-order valence-electron chi connectivity index (χ2n) is 3.37. The molecule has 0 aromatic carbocycles. The molecule has 77 valence electrons. The van der Waals surface area contributed by atoms with Gasteiger partial charge in [0.15, 0.2) is 6.29 Å². The molecule has 1 radical (unpaired) electrons. The van der Waals surface area contributed by atoms with Crippen LogP contribution in [0.25, 0.3) is 0 Å². The molecule has 0 saturated carbocycles. The molecule has 1 aromatic heterocycles. The van der Waals surface area contributed by atoms with Gasteiger partial charge in [-0.2, -0.15) is 5.10 Å². The van der Waals surface area contributed by atoms with Gasteiger partial charge in [0.1, 0.15) is 6.20 Å². The highest BCUT2D eigenvalue weighted by atomic mass is 16.7. The molecular formula is C10H15N2O2. The van der Waals surface area contributed by atoms with E-state index >= 15 is 0 Å². The summed E-state index contributed by atoms with van der Waals surface area (Å²) < 4.78 is 12.8. The Bertz CT molecular complexity index is 243. The summed E-state index contributed by atoms with van der Waals surface area (Å²) in [5, 5.41) is 3.97. The van der Waals surface area contributed by atoms with Gasteiger partial charge in [0, 0.05) is 12.8 Å². The van der Waals surface area contributed by atoms with Crippen molar-refractivity contribution < 1.29 is 9.47 Å². The minimum atomic E-state index is 0.00305. The van der Waals surface area contributed by atoms with Crippen LogP contribution in [-0.4, -0.2) is 29.3 Å². The number of nitrogens with zero attached hydrogens (tertiary/aromatic N) is 2. The highest BCUT2D eigenvalue weighted by molar-refractivity contribution is 4.75. The third-order valence-electron chi connectivity index (χ3n) is 2.27. The lowest BCUT2D eigenvalue weighted by molar-refractivity contribution is -0.163. The lowest BCUT2D eigenvalue weighted by Crippen LogP contribution is -2.24. The van der Waals surface area contributed by atoms with Gasteiger partial charge in [-0.15, -0.1) is 0 Å². The van der Waals surface area contributed by atoms with Crippen LogP contribution in [0, 0.1) is 6.20 Å². The van der Waals surface area contributed by atoms with E-state index in [0.29, 0.717) is 6.61 Å². The van der Waals surface area contributed by atoms with Gasteiger partial charge in [0.2, 0.25) is 0 Å². The molecule has 0 amide bonds. The summed E-state index contributed by atoms with van der Waals surface area (Å²) in [4.78, 5) is 0. The standard InChI is InChI=1S/C10H15N2O2/c1-2-8-13-10(4-1)14-9-7-12-6-3-5-11-12/h3,6,10H,1-2,4,7-9H2. The summed E-state index contributed by atoms with van der Waals surface area (Å²) in [7, 11) is 0. The zero-order valence-corrected chi connectivity index (χ0v) is 8.19. The quantitative estimate of drug-likeness (QED) is 0.725. The molecule has 2 rings (SSSR count). The molecule has 0 bridgehead atoms. The lowest BCUT2D eigenvalue weighted by atomic mass is 10.2. The van der Waals surface area contributed by atoms with E-state index in [1.807, 2.05) is 10.9 Å². The van der Waals surface area contributed by atoms with Gasteiger partial charge in [-0.25, -0.2) is 0 Å². The predicted molar refractivity (Wildman–Crippen MR) is 50.6 cm³/mol. The molecule has 0 aliphatic carbocycles. The first kappa shape index (κ1) is 9.68. The molecule has 4 nitrogen and oxygen atoms in total. The second kappa shape index (κ2) is 5.12. The number of rotatable bonds is 4. The van der Waals surface area contributed by atoms with E-state index in [1.54, 1.807) is 6.07 Å². The Labute approximate surface area is 83.8 Å². The molecule has 0 spiro atoms. The summed E-state index contributed by atoms with van der Waals surface area (Å²) in [6.07, 6.45) is 8.02. The first-order chi connectivity index (χ1) is 6.95. The number of hydrogen-bond acceptors (Lipinski definition) is 3. The van der Waals surface area contributed by atoms with Crippen LogP contribution in [0.15, 0.2) is 12.3 Å². The fourth-order valence-electron chi connectivity index (χ4n) is 1.51.